The molecular weight excluding hydrogens is 246 g/mol. The van der Waals surface area contributed by atoms with E-state index in [9.17, 15) is 9.59 Å². The lowest BCUT2D eigenvalue weighted by Crippen LogP contribution is -2.20. The van der Waals surface area contributed by atoms with Crippen LogP contribution in [0.4, 0.5) is 0 Å². The Hall–Kier alpha value is -1.91. The van der Waals surface area contributed by atoms with Crippen LogP contribution >= 0.6 is 0 Å². The van der Waals surface area contributed by atoms with E-state index in [0.717, 1.165) is 5.56 Å². The van der Waals surface area contributed by atoms with Crippen molar-refractivity contribution >= 4 is 11.9 Å². The molecule has 19 heavy (non-hydrogen) atoms. The van der Waals surface area contributed by atoms with Gasteiger partial charge in [-0.3, -0.25) is 0 Å². The monoisotopic (exact) mass is 265 g/mol. The highest BCUT2D eigenvalue weighted by molar-refractivity contribution is 6.01. The van der Waals surface area contributed by atoms with Gasteiger partial charge in [0.15, 0.2) is 5.69 Å². The normalized spacial score (nSPS) is 10.7. The summed E-state index contributed by atoms with van der Waals surface area (Å²) in [6, 6.07) is 1.58. The summed E-state index contributed by atoms with van der Waals surface area (Å²) in [6.45, 7) is 8.74. The highest BCUT2D eigenvalue weighted by atomic mass is 16.5. The molecule has 0 aliphatic heterocycles. The third-order valence-corrected chi connectivity index (χ3v) is 2.12. The van der Waals surface area contributed by atoms with Gasteiger partial charge in [-0.05, 0) is 46.2 Å². The predicted octanol–water partition coefficient (Wildman–Crippen LogP) is 2.52. The molecule has 1 aromatic heterocycles. The van der Waals surface area contributed by atoms with Gasteiger partial charge >= 0.3 is 11.9 Å². The van der Waals surface area contributed by atoms with Crippen LogP contribution in [0.2, 0.25) is 0 Å². The van der Waals surface area contributed by atoms with E-state index in [1.807, 2.05) is 0 Å². The molecule has 1 rings (SSSR count). The molecule has 0 radical (unpaired) electrons. The molecule has 5 nitrogen and oxygen atoms in total. The molecule has 0 aromatic carbocycles. The van der Waals surface area contributed by atoms with E-state index in [1.165, 1.54) is 6.20 Å². The fraction of sp³-hybridized carbons (Fsp3) is 0.500. The second-order valence-corrected chi connectivity index (χ2v) is 4.82. The Morgan fingerprint density at radius 3 is 2.11 bits per heavy atom. The van der Waals surface area contributed by atoms with E-state index in [0.29, 0.717) is 0 Å². The third-order valence-electron chi connectivity index (χ3n) is 2.12. The summed E-state index contributed by atoms with van der Waals surface area (Å²) in [5, 5.41) is 0. The number of esters is 2. The number of carbonyl (C=O) groups is 2. The van der Waals surface area contributed by atoms with E-state index in [-0.39, 0.29) is 23.5 Å². The van der Waals surface area contributed by atoms with Crippen LogP contribution in [-0.4, -0.2) is 29.1 Å². The van der Waals surface area contributed by atoms with Crippen molar-refractivity contribution in [3.8, 4) is 0 Å². The molecule has 0 aliphatic rings. The van der Waals surface area contributed by atoms with Crippen LogP contribution in [0.25, 0.3) is 0 Å². The van der Waals surface area contributed by atoms with Crippen LogP contribution in [-0.2, 0) is 9.47 Å². The first-order valence-electron chi connectivity index (χ1n) is 6.20. The molecule has 104 valence electrons. The van der Waals surface area contributed by atoms with Crippen molar-refractivity contribution in [2.45, 2.75) is 46.8 Å². The summed E-state index contributed by atoms with van der Waals surface area (Å²) in [7, 11) is 0. The zero-order chi connectivity index (χ0) is 14.6. The summed E-state index contributed by atoms with van der Waals surface area (Å²) in [5.74, 6) is -1.19. The highest BCUT2D eigenvalue weighted by Gasteiger charge is 2.22. The average Bonchev–Trinajstić information content (AvgIpc) is 2.26. The van der Waals surface area contributed by atoms with Gasteiger partial charge < -0.3 is 9.47 Å². The maximum absolute atomic E-state index is 11.9. The second-order valence-electron chi connectivity index (χ2n) is 4.82. The van der Waals surface area contributed by atoms with Gasteiger partial charge in [-0.1, -0.05) is 0 Å². The summed E-state index contributed by atoms with van der Waals surface area (Å²) in [6.07, 6.45) is 0.981. The molecule has 0 amide bonds. The topological polar surface area (TPSA) is 65.5 Å². The van der Waals surface area contributed by atoms with Crippen LogP contribution in [0, 0.1) is 6.92 Å². The fourth-order valence-electron chi connectivity index (χ4n) is 1.43. The molecular formula is C14H19NO4. The summed E-state index contributed by atoms with van der Waals surface area (Å²) >= 11 is 0. The SMILES string of the molecule is Cc1cnc(C(=O)OC(C)C)c(C(=O)OC(C)C)c1. The molecule has 0 atom stereocenters. The molecule has 0 fully saturated rings. The van der Waals surface area contributed by atoms with E-state index in [4.69, 9.17) is 9.47 Å². The van der Waals surface area contributed by atoms with Crippen molar-refractivity contribution in [2.24, 2.45) is 0 Å². The molecule has 1 aromatic rings. The lowest BCUT2D eigenvalue weighted by atomic mass is 10.1. The Labute approximate surface area is 112 Å². The molecule has 0 bridgehead atoms. The Bertz CT molecular complexity index is 480. The van der Waals surface area contributed by atoms with Gasteiger partial charge in [0.25, 0.3) is 0 Å². The van der Waals surface area contributed by atoms with Crippen molar-refractivity contribution in [1.29, 1.82) is 0 Å². The molecule has 1 heterocycles. The number of ether oxygens (including phenoxy) is 2. The second kappa shape index (κ2) is 6.31. The zero-order valence-electron chi connectivity index (χ0n) is 11.9. The van der Waals surface area contributed by atoms with Crippen LogP contribution in [0.15, 0.2) is 12.3 Å². The van der Waals surface area contributed by atoms with E-state index in [1.54, 1.807) is 40.7 Å². The van der Waals surface area contributed by atoms with Crippen LogP contribution in [0.5, 0.6) is 0 Å². The maximum Gasteiger partial charge on any atom is 0.358 e. The lowest BCUT2D eigenvalue weighted by molar-refractivity contribution is 0.0322. The molecule has 5 heteroatoms. The minimum Gasteiger partial charge on any atom is -0.459 e. The Morgan fingerprint density at radius 2 is 1.58 bits per heavy atom. The van der Waals surface area contributed by atoms with Gasteiger partial charge in [0.2, 0.25) is 0 Å². The average molecular weight is 265 g/mol. The van der Waals surface area contributed by atoms with E-state index >= 15 is 0 Å². The van der Waals surface area contributed by atoms with Crippen molar-refractivity contribution in [1.82, 2.24) is 4.98 Å². The number of hydrogen-bond acceptors (Lipinski definition) is 5. The summed E-state index contributed by atoms with van der Waals surface area (Å²) in [5.41, 5.74) is 0.904. The minimum absolute atomic E-state index is 0.00931. The van der Waals surface area contributed by atoms with E-state index < -0.39 is 11.9 Å². The van der Waals surface area contributed by atoms with Crippen molar-refractivity contribution in [3.05, 3.63) is 29.1 Å². The predicted molar refractivity (Wildman–Crippen MR) is 70.1 cm³/mol. The molecule has 0 unspecified atom stereocenters. The van der Waals surface area contributed by atoms with Crippen LogP contribution < -0.4 is 0 Å². The zero-order valence-corrected chi connectivity index (χ0v) is 11.9. The first-order chi connectivity index (χ1) is 8.81. The molecule has 0 aliphatic carbocycles. The van der Waals surface area contributed by atoms with Gasteiger partial charge in [-0.2, -0.15) is 0 Å². The number of pyridine rings is 1. The van der Waals surface area contributed by atoms with Crippen LogP contribution in [0.3, 0.4) is 0 Å². The minimum atomic E-state index is -0.620. The number of rotatable bonds is 4. The Balaban J connectivity index is 3.11. The number of nitrogens with zero attached hydrogens (tertiary/aromatic N) is 1. The number of aromatic nitrogens is 1. The van der Waals surface area contributed by atoms with Gasteiger partial charge in [-0.15, -0.1) is 0 Å². The third kappa shape index (κ3) is 4.35. The largest absolute Gasteiger partial charge is 0.459 e. The molecule has 0 spiro atoms. The van der Waals surface area contributed by atoms with Gasteiger partial charge in [0.05, 0.1) is 17.8 Å². The standard InChI is InChI=1S/C14H19NO4/c1-8(2)18-13(16)11-6-10(5)7-15-12(11)14(17)19-9(3)4/h6-9H,1-5H3. The van der Waals surface area contributed by atoms with Gasteiger partial charge in [0.1, 0.15) is 0 Å². The van der Waals surface area contributed by atoms with Gasteiger partial charge in [-0.25, -0.2) is 14.6 Å². The molecule has 0 saturated carbocycles. The smallest absolute Gasteiger partial charge is 0.358 e. The first kappa shape index (κ1) is 15.1. The first-order valence-corrected chi connectivity index (χ1v) is 6.20. The number of aryl methyl sites for hydroxylation is 1. The van der Waals surface area contributed by atoms with Crippen molar-refractivity contribution < 1.29 is 19.1 Å². The molecule has 0 saturated heterocycles. The quantitative estimate of drug-likeness (QED) is 0.783. The molecule has 0 N–H and O–H groups in total. The maximum atomic E-state index is 11.9. The van der Waals surface area contributed by atoms with E-state index in [2.05, 4.69) is 4.98 Å². The number of hydrogen-bond donors (Lipinski definition) is 0. The summed E-state index contributed by atoms with van der Waals surface area (Å²) in [4.78, 5) is 27.8. The van der Waals surface area contributed by atoms with Gasteiger partial charge in [0, 0.05) is 6.20 Å². The van der Waals surface area contributed by atoms with Crippen molar-refractivity contribution in [3.63, 3.8) is 0 Å². The Morgan fingerprint density at radius 1 is 1.05 bits per heavy atom. The lowest BCUT2D eigenvalue weighted by Gasteiger charge is -2.12. The van der Waals surface area contributed by atoms with Crippen LogP contribution in [0.1, 0.15) is 54.1 Å². The van der Waals surface area contributed by atoms with Crippen molar-refractivity contribution in [2.75, 3.05) is 0 Å². The number of carbonyl (C=O) groups excluding carboxylic acids is 2. The fourth-order valence-corrected chi connectivity index (χ4v) is 1.43. The highest BCUT2D eigenvalue weighted by Crippen LogP contribution is 2.13. The summed E-state index contributed by atoms with van der Waals surface area (Å²) < 4.78 is 10.2. The Kier molecular flexibility index (Phi) is 5.03.